The van der Waals surface area contributed by atoms with Crippen LogP contribution < -0.4 is 5.32 Å². The van der Waals surface area contributed by atoms with E-state index in [1.165, 1.54) is 42.3 Å². The molecule has 3 nitrogen and oxygen atoms in total. The van der Waals surface area contributed by atoms with Gasteiger partial charge >= 0.3 is 0 Å². The first kappa shape index (κ1) is 15.0. The number of hydrogen-bond acceptors (Lipinski definition) is 2. The average Bonchev–Trinajstić information content (AvgIpc) is 2.80. The van der Waals surface area contributed by atoms with E-state index in [9.17, 15) is 0 Å². The number of hydrogen-bond donors (Lipinski definition) is 1. The van der Waals surface area contributed by atoms with Crippen molar-refractivity contribution in [2.24, 2.45) is 0 Å². The quantitative estimate of drug-likeness (QED) is 0.733. The molecular weight excluding hydrogens is 246 g/mol. The Labute approximate surface area is 122 Å². The normalized spacial score (nSPS) is 11.6. The minimum atomic E-state index is 0.489. The molecule has 0 unspecified atom stereocenters. The third kappa shape index (κ3) is 3.83. The summed E-state index contributed by atoms with van der Waals surface area (Å²) in [6, 6.07) is 9.06. The topological polar surface area (TPSA) is 29.9 Å². The number of benzene rings is 1. The van der Waals surface area contributed by atoms with Crippen LogP contribution in [-0.2, 0) is 13.1 Å². The molecule has 20 heavy (non-hydrogen) atoms. The molecule has 0 spiro atoms. The third-order valence-electron chi connectivity index (χ3n) is 3.64. The molecule has 0 saturated carbocycles. The van der Waals surface area contributed by atoms with Crippen molar-refractivity contribution in [1.29, 1.82) is 0 Å². The molecule has 0 fully saturated rings. The molecule has 2 rings (SSSR count). The summed E-state index contributed by atoms with van der Waals surface area (Å²) >= 11 is 0. The van der Waals surface area contributed by atoms with Crippen molar-refractivity contribution in [3.8, 4) is 0 Å². The van der Waals surface area contributed by atoms with Crippen LogP contribution in [0.25, 0.3) is 10.9 Å². The van der Waals surface area contributed by atoms with Gasteiger partial charge in [0.15, 0.2) is 0 Å². The lowest BCUT2D eigenvalue weighted by atomic mass is 10.2. The summed E-state index contributed by atoms with van der Waals surface area (Å²) in [5.41, 5.74) is 2.44. The minimum Gasteiger partial charge on any atom is -0.309 e. The molecule has 2 aromatic rings. The summed E-state index contributed by atoms with van der Waals surface area (Å²) in [5.74, 6) is 0. The van der Waals surface area contributed by atoms with Gasteiger partial charge in [0.05, 0.1) is 11.2 Å². The fourth-order valence-electron chi connectivity index (χ4n) is 2.49. The van der Waals surface area contributed by atoms with Crippen LogP contribution in [0.15, 0.2) is 24.3 Å². The summed E-state index contributed by atoms with van der Waals surface area (Å²) in [4.78, 5) is 0. The van der Waals surface area contributed by atoms with Gasteiger partial charge in [-0.2, -0.15) is 5.10 Å². The van der Waals surface area contributed by atoms with Crippen molar-refractivity contribution < 1.29 is 0 Å². The molecular formula is C17H27N3. The van der Waals surface area contributed by atoms with Gasteiger partial charge in [0.25, 0.3) is 0 Å². The Kier molecular flexibility index (Phi) is 5.60. The molecule has 0 amide bonds. The van der Waals surface area contributed by atoms with E-state index >= 15 is 0 Å². The molecule has 110 valence electrons. The predicted molar refractivity (Wildman–Crippen MR) is 85.9 cm³/mol. The Morgan fingerprint density at radius 1 is 1.15 bits per heavy atom. The maximum atomic E-state index is 4.81. The molecule has 0 saturated heterocycles. The van der Waals surface area contributed by atoms with Crippen molar-refractivity contribution in [3.05, 3.63) is 30.0 Å². The van der Waals surface area contributed by atoms with Gasteiger partial charge in [0, 0.05) is 24.5 Å². The molecule has 0 bridgehead atoms. The zero-order valence-electron chi connectivity index (χ0n) is 13.0. The van der Waals surface area contributed by atoms with Gasteiger partial charge in [0.2, 0.25) is 0 Å². The van der Waals surface area contributed by atoms with E-state index in [2.05, 4.69) is 55.0 Å². The lowest BCUT2D eigenvalue weighted by Gasteiger charge is -2.05. The van der Waals surface area contributed by atoms with Gasteiger partial charge in [0.1, 0.15) is 0 Å². The van der Waals surface area contributed by atoms with E-state index in [-0.39, 0.29) is 0 Å². The first-order chi connectivity index (χ1) is 9.72. The number of nitrogens with zero attached hydrogens (tertiary/aromatic N) is 2. The van der Waals surface area contributed by atoms with Crippen LogP contribution in [0.3, 0.4) is 0 Å². The second kappa shape index (κ2) is 7.44. The van der Waals surface area contributed by atoms with Crippen molar-refractivity contribution in [2.75, 3.05) is 0 Å². The smallest absolute Gasteiger partial charge is 0.0841 e. The molecule has 0 aliphatic rings. The highest BCUT2D eigenvalue weighted by molar-refractivity contribution is 5.81. The second-order valence-electron chi connectivity index (χ2n) is 5.78. The largest absolute Gasteiger partial charge is 0.309 e. The molecule has 1 heterocycles. The Bertz CT molecular complexity index is 528. The van der Waals surface area contributed by atoms with Gasteiger partial charge in [-0.1, -0.05) is 58.2 Å². The van der Waals surface area contributed by atoms with Crippen molar-refractivity contribution in [1.82, 2.24) is 15.1 Å². The van der Waals surface area contributed by atoms with Crippen LogP contribution in [0.4, 0.5) is 0 Å². The molecule has 1 aromatic carbocycles. The first-order valence-corrected chi connectivity index (χ1v) is 7.90. The highest BCUT2D eigenvalue weighted by Gasteiger charge is 2.09. The van der Waals surface area contributed by atoms with Crippen LogP contribution in [-0.4, -0.2) is 15.8 Å². The number of rotatable bonds is 8. The molecule has 0 radical (unpaired) electrons. The highest BCUT2D eigenvalue weighted by atomic mass is 15.3. The summed E-state index contributed by atoms with van der Waals surface area (Å²) in [6.45, 7) is 8.47. The van der Waals surface area contributed by atoms with Crippen LogP contribution in [0.2, 0.25) is 0 Å². The van der Waals surface area contributed by atoms with Crippen LogP contribution in [0.5, 0.6) is 0 Å². The maximum absolute atomic E-state index is 4.81. The van der Waals surface area contributed by atoms with E-state index in [0.29, 0.717) is 6.04 Å². The molecule has 1 N–H and O–H groups in total. The molecule has 0 atom stereocenters. The molecule has 0 aliphatic heterocycles. The summed E-state index contributed by atoms with van der Waals surface area (Å²) in [6.07, 6.45) is 5.12. The Morgan fingerprint density at radius 3 is 2.70 bits per heavy atom. The monoisotopic (exact) mass is 273 g/mol. The summed E-state index contributed by atoms with van der Waals surface area (Å²) in [5, 5.41) is 9.57. The minimum absolute atomic E-state index is 0.489. The van der Waals surface area contributed by atoms with Crippen molar-refractivity contribution in [3.63, 3.8) is 0 Å². The van der Waals surface area contributed by atoms with Crippen LogP contribution >= 0.6 is 0 Å². The Balaban J connectivity index is 2.13. The third-order valence-corrected chi connectivity index (χ3v) is 3.64. The van der Waals surface area contributed by atoms with Crippen molar-refractivity contribution >= 4 is 10.9 Å². The lowest BCUT2D eigenvalue weighted by molar-refractivity contribution is 0.535. The van der Waals surface area contributed by atoms with E-state index in [1.54, 1.807) is 0 Å². The van der Waals surface area contributed by atoms with Crippen molar-refractivity contribution in [2.45, 2.75) is 65.6 Å². The van der Waals surface area contributed by atoms with E-state index in [0.717, 1.165) is 13.1 Å². The number of para-hydroxylation sites is 1. The van der Waals surface area contributed by atoms with Crippen LogP contribution in [0.1, 0.15) is 52.1 Å². The Hall–Kier alpha value is -1.35. The van der Waals surface area contributed by atoms with Gasteiger partial charge < -0.3 is 5.32 Å². The lowest BCUT2D eigenvalue weighted by Crippen LogP contribution is -2.22. The molecule has 1 aromatic heterocycles. The number of nitrogens with one attached hydrogen (secondary N) is 1. The summed E-state index contributed by atoms with van der Waals surface area (Å²) in [7, 11) is 0. The van der Waals surface area contributed by atoms with Crippen LogP contribution in [0, 0.1) is 0 Å². The van der Waals surface area contributed by atoms with Gasteiger partial charge in [-0.25, -0.2) is 0 Å². The highest BCUT2D eigenvalue weighted by Crippen LogP contribution is 2.19. The number of aromatic nitrogens is 2. The van der Waals surface area contributed by atoms with E-state index in [1.807, 2.05) is 0 Å². The summed E-state index contributed by atoms with van der Waals surface area (Å²) < 4.78 is 2.18. The number of fused-ring (bicyclic) bond motifs is 1. The predicted octanol–water partition coefficient (Wildman–Crippen LogP) is 4.11. The first-order valence-electron chi connectivity index (χ1n) is 7.90. The Morgan fingerprint density at radius 2 is 1.95 bits per heavy atom. The molecule has 3 heteroatoms. The van der Waals surface area contributed by atoms with Gasteiger partial charge in [-0.15, -0.1) is 0 Å². The molecule has 0 aliphatic carbocycles. The number of unbranched alkanes of at least 4 members (excludes halogenated alkanes) is 3. The standard InChI is InChI=1S/C17H27N3/c1-4-5-6-9-12-20-17-11-8-7-10-15(17)16(19-20)13-18-14(2)3/h7-8,10-11,14,18H,4-6,9,12-13H2,1-3H3. The van der Waals surface area contributed by atoms with Gasteiger partial charge in [-0.05, 0) is 12.5 Å². The average molecular weight is 273 g/mol. The fourth-order valence-corrected chi connectivity index (χ4v) is 2.49. The van der Waals surface area contributed by atoms with E-state index in [4.69, 9.17) is 5.10 Å². The second-order valence-corrected chi connectivity index (χ2v) is 5.78. The maximum Gasteiger partial charge on any atom is 0.0841 e. The SMILES string of the molecule is CCCCCCn1nc(CNC(C)C)c2ccccc21. The number of aryl methyl sites for hydroxylation is 1. The zero-order chi connectivity index (χ0) is 14.4. The zero-order valence-corrected chi connectivity index (χ0v) is 13.0. The fraction of sp³-hybridized carbons (Fsp3) is 0.588. The van der Waals surface area contributed by atoms with Gasteiger partial charge in [-0.3, -0.25) is 4.68 Å². The van der Waals surface area contributed by atoms with E-state index < -0.39 is 0 Å².